The second-order valence-corrected chi connectivity index (χ2v) is 6.84. The Hall–Kier alpha value is -2.71. The van der Waals surface area contributed by atoms with Crippen molar-refractivity contribution in [2.24, 2.45) is 4.99 Å². The maximum atomic E-state index is 13.2. The molecule has 0 saturated heterocycles. The first kappa shape index (κ1) is 23.6. The molecule has 7 nitrogen and oxygen atoms in total. The van der Waals surface area contributed by atoms with Crippen molar-refractivity contribution in [3.63, 3.8) is 0 Å². The summed E-state index contributed by atoms with van der Waals surface area (Å²) in [6, 6.07) is 9.64. The zero-order valence-corrected chi connectivity index (χ0v) is 18.0. The van der Waals surface area contributed by atoms with Crippen LogP contribution < -0.4 is 15.4 Å². The first-order valence-corrected chi connectivity index (χ1v) is 10.2. The van der Waals surface area contributed by atoms with Crippen LogP contribution in [0.2, 0.25) is 0 Å². The summed E-state index contributed by atoms with van der Waals surface area (Å²) in [5.41, 5.74) is 0.954. The van der Waals surface area contributed by atoms with Gasteiger partial charge in [0.1, 0.15) is 11.6 Å². The summed E-state index contributed by atoms with van der Waals surface area (Å²) < 4.78 is 23.9. The number of guanidine groups is 1. The fraction of sp³-hybridized carbons (Fsp3) is 0.455. The van der Waals surface area contributed by atoms with E-state index in [-0.39, 0.29) is 5.82 Å². The van der Waals surface area contributed by atoms with Gasteiger partial charge in [-0.2, -0.15) is 0 Å². The Balaban J connectivity index is 1.81. The van der Waals surface area contributed by atoms with Crippen molar-refractivity contribution in [2.45, 2.75) is 19.9 Å². The average Bonchev–Trinajstić information content (AvgIpc) is 2.73. The Labute approximate surface area is 178 Å². The Kier molecular flexibility index (Phi) is 10.6. The van der Waals surface area contributed by atoms with E-state index < -0.39 is 0 Å². The largest absolute Gasteiger partial charge is 0.439 e. The summed E-state index contributed by atoms with van der Waals surface area (Å²) in [7, 11) is 3.82. The molecule has 0 amide bonds. The number of halogens is 1. The molecule has 0 aliphatic heterocycles. The number of nitrogens with one attached hydrogen (secondary N) is 2. The number of aromatic nitrogens is 1. The van der Waals surface area contributed by atoms with Crippen LogP contribution >= 0.6 is 0 Å². The minimum atomic E-state index is -0.344. The summed E-state index contributed by atoms with van der Waals surface area (Å²) >= 11 is 0. The van der Waals surface area contributed by atoms with Gasteiger partial charge in [-0.25, -0.2) is 14.4 Å². The molecule has 1 aromatic carbocycles. The van der Waals surface area contributed by atoms with Gasteiger partial charge < -0.3 is 25.0 Å². The molecule has 2 N–H and O–H groups in total. The van der Waals surface area contributed by atoms with Gasteiger partial charge in [0.2, 0.25) is 5.88 Å². The van der Waals surface area contributed by atoms with Crippen LogP contribution in [0.15, 0.2) is 47.6 Å². The van der Waals surface area contributed by atoms with Gasteiger partial charge in [-0.05, 0) is 38.1 Å². The summed E-state index contributed by atoms with van der Waals surface area (Å²) in [6.45, 7) is 6.81. The van der Waals surface area contributed by atoms with Gasteiger partial charge in [0.05, 0.1) is 6.54 Å². The Bertz CT molecular complexity index is 770. The highest BCUT2D eigenvalue weighted by molar-refractivity contribution is 5.79. The molecule has 1 heterocycles. The van der Waals surface area contributed by atoms with Gasteiger partial charge in [0.15, 0.2) is 5.96 Å². The lowest BCUT2D eigenvalue weighted by Crippen LogP contribution is -2.41. The summed E-state index contributed by atoms with van der Waals surface area (Å²) in [5, 5.41) is 6.59. The second kappa shape index (κ2) is 13.5. The van der Waals surface area contributed by atoms with Gasteiger partial charge >= 0.3 is 0 Å². The van der Waals surface area contributed by atoms with Gasteiger partial charge in [-0.1, -0.05) is 12.1 Å². The molecule has 2 rings (SSSR count). The van der Waals surface area contributed by atoms with Gasteiger partial charge in [-0.3, -0.25) is 0 Å². The van der Waals surface area contributed by atoms with Gasteiger partial charge in [0, 0.05) is 58.2 Å². The fourth-order valence-electron chi connectivity index (χ4n) is 2.68. The molecule has 0 spiro atoms. The van der Waals surface area contributed by atoms with Crippen molar-refractivity contribution in [2.75, 3.05) is 46.9 Å². The number of nitrogens with zero attached hydrogens (tertiary/aromatic N) is 3. The first-order chi connectivity index (χ1) is 14.6. The van der Waals surface area contributed by atoms with E-state index >= 15 is 0 Å². The molecular formula is C22H32FN5O2. The molecule has 0 aliphatic rings. The van der Waals surface area contributed by atoms with E-state index in [1.807, 2.05) is 13.0 Å². The highest BCUT2D eigenvalue weighted by atomic mass is 19.1. The molecule has 0 bridgehead atoms. The van der Waals surface area contributed by atoms with Crippen LogP contribution in [0.5, 0.6) is 11.6 Å². The van der Waals surface area contributed by atoms with E-state index in [4.69, 9.17) is 9.47 Å². The molecule has 0 aliphatic carbocycles. The number of hydrogen-bond acceptors (Lipinski definition) is 5. The van der Waals surface area contributed by atoms with Crippen LogP contribution in [0.1, 0.15) is 18.9 Å². The SMILES string of the molecule is CCNC(=NCc1ccc(Oc2cccc(F)c2)nc1)NCCN(C)CCCOC. The number of pyridine rings is 1. The highest BCUT2D eigenvalue weighted by Gasteiger charge is 2.03. The zero-order valence-electron chi connectivity index (χ0n) is 18.0. The number of aliphatic imine (C=N–C) groups is 1. The molecule has 0 radical (unpaired) electrons. The van der Waals surface area contributed by atoms with E-state index in [1.165, 1.54) is 12.1 Å². The third-order valence-corrected chi connectivity index (χ3v) is 4.25. The van der Waals surface area contributed by atoms with Crippen LogP contribution in [0.3, 0.4) is 0 Å². The molecule has 0 saturated carbocycles. The van der Waals surface area contributed by atoms with Crippen molar-refractivity contribution in [1.82, 2.24) is 20.5 Å². The minimum absolute atomic E-state index is 0.344. The van der Waals surface area contributed by atoms with Gasteiger partial charge in [0.25, 0.3) is 0 Å². The smallest absolute Gasteiger partial charge is 0.219 e. The molecule has 0 atom stereocenters. The number of ether oxygens (including phenoxy) is 2. The quantitative estimate of drug-likeness (QED) is 0.314. The predicted molar refractivity (Wildman–Crippen MR) is 118 cm³/mol. The molecule has 164 valence electrons. The lowest BCUT2D eigenvalue weighted by atomic mass is 10.3. The van der Waals surface area contributed by atoms with Crippen LogP contribution in [0, 0.1) is 5.82 Å². The predicted octanol–water partition coefficient (Wildman–Crippen LogP) is 3.04. The topological polar surface area (TPSA) is 71.0 Å². The van der Waals surface area contributed by atoms with E-state index in [9.17, 15) is 4.39 Å². The van der Waals surface area contributed by atoms with Crippen molar-refractivity contribution >= 4 is 5.96 Å². The lowest BCUT2D eigenvalue weighted by Gasteiger charge is -2.18. The van der Waals surface area contributed by atoms with Crippen LogP contribution in [0.25, 0.3) is 0 Å². The number of likely N-dealkylation sites (N-methyl/N-ethyl adjacent to an activating group) is 1. The molecule has 2 aromatic rings. The van der Waals surface area contributed by atoms with Crippen LogP contribution in [0.4, 0.5) is 4.39 Å². The summed E-state index contributed by atoms with van der Waals surface area (Å²) in [5.74, 6) is 1.25. The maximum Gasteiger partial charge on any atom is 0.219 e. The van der Waals surface area contributed by atoms with Gasteiger partial charge in [-0.15, -0.1) is 0 Å². The molecule has 30 heavy (non-hydrogen) atoms. The highest BCUT2D eigenvalue weighted by Crippen LogP contribution is 2.20. The molecule has 1 aromatic heterocycles. The Morgan fingerprint density at radius 1 is 1.20 bits per heavy atom. The van der Waals surface area contributed by atoms with E-state index in [0.717, 1.165) is 50.7 Å². The monoisotopic (exact) mass is 417 g/mol. The molecule has 0 unspecified atom stereocenters. The van der Waals surface area contributed by atoms with Crippen LogP contribution in [-0.4, -0.2) is 62.8 Å². The van der Waals surface area contributed by atoms with E-state index in [2.05, 4.69) is 32.6 Å². The summed E-state index contributed by atoms with van der Waals surface area (Å²) in [6.07, 6.45) is 2.73. The molecular weight excluding hydrogens is 385 g/mol. The number of rotatable bonds is 12. The fourth-order valence-corrected chi connectivity index (χ4v) is 2.68. The molecule has 8 heteroatoms. The van der Waals surface area contributed by atoms with Crippen molar-refractivity contribution in [1.29, 1.82) is 0 Å². The third-order valence-electron chi connectivity index (χ3n) is 4.25. The van der Waals surface area contributed by atoms with Crippen molar-refractivity contribution in [3.8, 4) is 11.6 Å². The standard InChI is InChI=1S/C22H32FN5O2/c1-4-24-22(25-11-13-28(2)12-6-14-29-3)27-17-18-9-10-21(26-16-18)30-20-8-5-7-19(23)15-20/h5,7-10,15-16H,4,6,11-14,17H2,1-3H3,(H2,24,25,27). The second-order valence-electron chi connectivity index (χ2n) is 6.84. The van der Waals surface area contributed by atoms with Crippen molar-refractivity contribution < 1.29 is 13.9 Å². The first-order valence-electron chi connectivity index (χ1n) is 10.2. The number of methoxy groups -OCH3 is 1. The Morgan fingerprint density at radius 3 is 2.77 bits per heavy atom. The van der Waals surface area contributed by atoms with Crippen LogP contribution in [-0.2, 0) is 11.3 Å². The molecule has 0 fully saturated rings. The van der Waals surface area contributed by atoms with Crippen molar-refractivity contribution in [3.05, 3.63) is 54.0 Å². The zero-order chi connectivity index (χ0) is 21.6. The lowest BCUT2D eigenvalue weighted by molar-refractivity contribution is 0.180. The minimum Gasteiger partial charge on any atom is -0.439 e. The van der Waals surface area contributed by atoms with E-state index in [1.54, 1.807) is 31.5 Å². The Morgan fingerprint density at radius 2 is 2.07 bits per heavy atom. The normalized spacial score (nSPS) is 11.6. The number of hydrogen-bond donors (Lipinski definition) is 2. The number of benzene rings is 1. The summed E-state index contributed by atoms with van der Waals surface area (Å²) in [4.78, 5) is 11.1. The third kappa shape index (κ3) is 9.19. The maximum absolute atomic E-state index is 13.2. The average molecular weight is 418 g/mol. The van der Waals surface area contributed by atoms with E-state index in [0.29, 0.717) is 18.2 Å².